The first-order chi connectivity index (χ1) is 54.7. The molecular formula is C103H212F3N9O3. The maximum Gasteiger partial charge on any atom is 0.345 e. The number of ether oxygens (including phenoxy) is 2. The highest BCUT2D eigenvalue weighted by Crippen LogP contribution is 2.39. The Morgan fingerprint density at radius 1 is 0.314 bits per heavy atom. The molecule has 0 saturated carbocycles. The quantitative estimate of drug-likeness (QED) is 0.0897. The number of rotatable bonds is 26. The van der Waals surface area contributed by atoms with Gasteiger partial charge in [-0.3, -0.25) is 44.1 Å². The predicted octanol–water partition coefficient (Wildman–Crippen LogP) is 25.0. The van der Waals surface area contributed by atoms with Crippen molar-refractivity contribution >= 4 is 0 Å². The van der Waals surface area contributed by atoms with Crippen LogP contribution in [0.15, 0.2) is 0 Å². The number of hydrogen-bond acceptors (Lipinski definition) is 12. The molecule has 0 bridgehead atoms. The summed E-state index contributed by atoms with van der Waals surface area (Å²) in [4.78, 5) is 23.3. The molecule has 9 heterocycles. The van der Waals surface area contributed by atoms with Gasteiger partial charge in [0.05, 0.1) is 19.8 Å². The fourth-order valence-electron chi connectivity index (χ4n) is 22.9. The number of aliphatic hydroxyl groups excluding tert-OH is 1. The fourth-order valence-corrected chi connectivity index (χ4v) is 22.9. The van der Waals surface area contributed by atoms with Crippen molar-refractivity contribution in [2.75, 3.05) is 59.7 Å². The van der Waals surface area contributed by atoms with Crippen LogP contribution in [0, 0.1) is 82.9 Å². The SMILES string of the molecule is CC(C)[C@@H]1CC(COC(F)F)CN1C(C)C.CC(C)[C@@H]1CC(F)CN1C(C)C.CC(C)[C@@H]1CCC(C)N1C(C)C.CC(C)[C@@H]1CCC(CO)N1C(C)C.CC1C[C@@H](C(C)C)N(C(C)C)C1.CC1C[C@@H](C(C)C)N(C(C)C)C1C.CCC1CC[C@@H](C(C)C)N1C(C)C.CCC1C[C@@H](C(C)C)N(C(C)C)C1.COCC1C[C@@H](C(C)C)N(C(C)C)C1. The van der Waals surface area contributed by atoms with E-state index in [0.29, 0.717) is 85.3 Å². The second-order valence-corrected chi connectivity index (χ2v) is 44.8. The number of nitrogens with zero attached hydrogens (tertiary/aromatic N) is 9. The molecule has 708 valence electrons. The molecule has 15 heteroatoms. The van der Waals surface area contributed by atoms with Gasteiger partial charge in [0.1, 0.15) is 6.17 Å². The lowest BCUT2D eigenvalue weighted by molar-refractivity contribution is -0.137. The lowest BCUT2D eigenvalue weighted by atomic mass is 9.96. The highest BCUT2D eigenvalue weighted by atomic mass is 19.3. The van der Waals surface area contributed by atoms with Gasteiger partial charge in [-0.2, -0.15) is 8.78 Å². The number of aliphatic hydroxyl groups is 1. The van der Waals surface area contributed by atoms with Gasteiger partial charge in [-0.15, -0.1) is 0 Å². The van der Waals surface area contributed by atoms with Crippen LogP contribution in [0.4, 0.5) is 13.2 Å². The topological polar surface area (TPSA) is 67.9 Å². The molecule has 0 radical (unpaired) electrons. The van der Waals surface area contributed by atoms with Crippen molar-refractivity contribution in [2.45, 2.75) is 526 Å². The van der Waals surface area contributed by atoms with Crippen LogP contribution in [-0.2, 0) is 9.47 Å². The molecule has 9 aliphatic heterocycles. The third-order valence-corrected chi connectivity index (χ3v) is 29.3. The summed E-state index contributed by atoms with van der Waals surface area (Å²) in [5.74, 6) is 10.4. The Bertz CT molecular complexity index is 2290. The molecule has 10 unspecified atom stereocenters. The smallest absolute Gasteiger partial charge is 0.345 e. The first-order valence-electron chi connectivity index (χ1n) is 50.2. The lowest BCUT2D eigenvalue weighted by Crippen LogP contribution is -2.44. The maximum absolute atomic E-state index is 13.1. The zero-order valence-corrected chi connectivity index (χ0v) is 86.9. The number of hydrogen-bond donors (Lipinski definition) is 1. The lowest BCUT2D eigenvalue weighted by Gasteiger charge is -2.35. The molecular weight excluding hydrogens is 1470 g/mol. The molecule has 118 heavy (non-hydrogen) atoms. The van der Waals surface area contributed by atoms with Crippen molar-refractivity contribution in [2.24, 2.45) is 82.9 Å². The van der Waals surface area contributed by atoms with Crippen LogP contribution >= 0.6 is 0 Å². The predicted molar refractivity (Wildman–Crippen MR) is 512 cm³/mol. The van der Waals surface area contributed by atoms with Crippen molar-refractivity contribution in [3.8, 4) is 0 Å². The molecule has 0 aromatic heterocycles. The van der Waals surface area contributed by atoms with Crippen LogP contribution in [0.5, 0.6) is 0 Å². The third-order valence-electron chi connectivity index (χ3n) is 29.3. The Hall–Kier alpha value is -0.690. The van der Waals surface area contributed by atoms with Crippen LogP contribution in [0.2, 0.25) is 0 Å². The summed E-state index contributed by atoms with van der Waals surface area (Å²) in [5, 5.41) is 9.24. The van der Waals surface area contributed by atoms with E-state index in [-0.39, 0.29) is 12.5 Å². The van der Waals surface area contributed by atoms with Gasteiger partial charge in [0.15, 0.2) is 0 Å². The minimum Gasteiger partial charge on any atom is -0.395 e. The van der Waals surface area contributed by atoms with E-state index >= 15 is 0 Å². The summed E-state index contributed by atoms with van der Waals surface area (Å²) < 4.78 is 46.7. The van der Waals surface area contributed by atoms with E-state index in [9.17, 15) is 18.3 Å². The molecule has 9 fully saturated rings. The average Bonchev–Trinajstić information content (AvgIpc) is 1.69. The van der Waals surface area contributed by atoms with E-state index < -0.39 is 12.8 Å². The molecule has 19 atom stereocenters. The van der Waals surface area contributed by atoms with E-state index in [1.165, 1.54) is 90.3 Å². The van der Waals surface area contributed by atoms with Gasteiger partial charge < -0.3 is 14.6 Å². The zero-order valence-electron chi connectivity index (χ0n) is 86.9. The van der Waals surface area contributed by atoms with Crippen molar-refractivity contribution in [1.82, 2.24) is 44.1 Å². The van der Waals surface area contributed by atoms with E-state index in [1.807, 2.05) is 7.11 Å². The molecule has 0 spiro atoms. The van der Waals surface area contributed by atoms with Gasteiger partial charge in [-0.25, -0.2) is 4.39 Å². The normalized spacial score (nSPS) is 31.2. The van der Waals surface area contributed by atoms with E-state index in [0.717, 1.165) is 170 Å². The summed E-state index contributed by atoms with van der Waals surface area (Å²) in [6.07, 6.45) is 17.3. The number of halogens is 3. The van der Waals surface area contributed by atoms with Gasteiger partial charge in [0.25, 0.3) is 0 Å². The molecule has 9 rings (SSSR count). The maximum atomic E-state index is 13.1. The highest BCUT2D eigenvalue weighted by Gasteiger charge is 2.43. The largest absolute Gasteiger partial charge is 0.395 e. The van der Waals surface area contributed by atoms with Crippen LogP contribution in [0.1, 0.15) is 381 Å². The summed E-state index contributed by atoms with van der Waals surface area (Å²) in [6.45, 7) is 101. The van der Waals surface area contributed by atoms with Crippen LogP contribution in [0.25, 0.3) is 0 Å². The van der Waals surface area contributed by atoms with Gasteiger partial charge in [0, 0.05) is 173 Å². The first kappa shape index (κ1) is 115. The average molecular weight is 1680 g/mol. The first-order valence-corrected chi connectivity index (χ1v) is 50.2. The van der Waals surface area contributed by atoms with E-state index in [4.69, 9.17) is 4.74 Å². The Morgan fingerprint density at radius 3 is 0.924 bits per heavy atom. The van der Waals surface area contributed by atoms with Gasteiger partial charge >= 0.3 is 6.61 Å². The Kier molecular flexibility index (Phi) is 56.0. The molecule has 0 aliphatic carbocycles. The van der Waals surface area contributed by atoms with Crippen molar-refractivity contribution in [3.05, 3.63) is 0 Å². The molecule has 0 aromatic rings. The number of methoxy groups -OCH3 is 1. The molecule has 9 saturated heterocycles. The Labute approximate surface area is 736 Å². The Balaban J connectivity index is 0.000000665. The van der Waals surface area contributed by atoms with Crippen LogP contribution in [-0.4, -0.2) is 255 Å². The fraction of sp³-hybridized carbons (Fsp3) is 1.00. The monoisotopic (exact) mass is 1680 g/mol. The zero-order chi connectivity index (χ0) is 91.1. The number of alkyl halides is 3. The number of likely N-dealkylation sites (tertiary alicyclic amines) is 9. The summed E-state index contributed by atoms with van der Waals surface area (Å²) in [5.41, 5.74) is 0. The van der Waals surface area contributed by atoms with Crippen LogP contribution in [0.3, 0.4) is 0 Å². The van der Waals surface area contributed by atoms with E-state index in [1.54, 1.807) is 0 Å². The van der Waals surface area contributed by atoms with Gasteiger partial charge in [-0.05, 0) is 305 Å². The molecule has 0 aromatic carbocycles. The second kappa shape index (κ2) is 57.3. The molecule has 0 amide bonds. The standard InChI is InChI=1S/C12H23F2NO.C12H25NO.3C12H25N.C11H23NO.2C11H23N.C10H20FN/c1-8(2)11-5-10(7-16-12(13)14)6-15(11)9(3)4;1-9(2)12-6-11(8-14-5)7-13(12)10(3)4;1-8(2)12-7-10(5)11(6)13(12)9(3)4;1-6-11-7-12(9(2)3)13(8-11)10(4)5;1-6-11-7-8-12(9(2)3)13(11)10(4)5;1-8(2)11-6-5-10(7-13)12(11)9(3)4;1-8(2)11-6-10(5)7-12(11)9(3)4;1-8(2)11-7-6-10(5)12(11)9(3)4;1-7(2)10-5-9(11)6-12(10)8(3)4/h8-12H,5-7H2,1-4H3;9-12H,6-8H2,1-5H3;8-12H,7H2,1-6H3;2*9-12H,6-8H2,1-5H3;8-11,13H,5-7H2,1-4H3;2*8-11H,6-7H2,1-5H3;7-10H,5-6H2,1-4H3/t10?,11-;11?,12-;10?,11?,12-;2*11?,12-;3*10?,11-;9?,10-/m000000000/s1. The van der Waals surface area contributed by atoms with Crippen molar-refractivity contribution in [3.63, 3.8) is 0 Å². The van der Waals surface area contributed by atoms with Crippen molar-refractivity contribution in [1.29, 1.82) is 0 Å². The van der Waals surface area contributed by atoms with Gasteiger partial charge in [0.2, 0.25) is 0 Å². The molecule has 1 N–H and O–H groups in total. The summed E-state index contributed by atoms with van der Waals surface area (Å²) >= 11 is 0. The Morgan fingerprint density at radius 2 is 0.627 bits per heavy atom. The molecule has 9 aliphatic rings. The third kappa shape index (κ3) is 37.6. The highest BCUT2D eigenvalue weighted by molar-refractivity contribution is 4.97. The summed E-state index contributed by atoms with van der Waals surface area (Å²) in [6, 6.07) is 15.2. The van der Waals surface area contributed by atoms with Crippen molar-refractivity contribution < 1.29 is 27.8 Å². The van der Waals surface area contributed by atoms with Gasteiger partial charge in [-0.1, -0.05) is 159 Å². The molecule has 12 nitrogen and oxygen atoms in total. The minimum atomic E-state index is -2.63. The van der Waals surface area contributed by atoms with Crippen LogP contribution < -0.4 is 0 Å². The minimum absolute atomic E-state index is 0.185. The second-order valence-electron chi connectivity index (χ2n) is 44.8. The van der Waals surface area contributed by atoms with E-state index in [2.05, 4.69) is 340 Å². The summed E-state index contributed by atoms with van der Waals surface area (Å²) in [7, 11) is 1.81.